The molecular formula is C14H17FO4. The van der Waals surface area contributed by atoms with Gasteiger partial charge in [0.1, 0.15) is 0 Å². The molecule has 0 bridgehead atoms. The monoisotopic (exact) mass is 268 g/mol. The van der Waals surface area contributed by atoms with E-state index in [1.807, 2.05) is 0 Å². The van der Waals surface area contributed by atoms with Gasteiger partial charge in [0.15, 0.2) is 11.6 Å². The molecule has 0 saturated carbocycles. The minimum Gasteiger partial charge on any atom is -0.463 e. The van der Waals surface area contributed by atoms with E-state index in [-0.39, 0.29) is 30.7 Å². The first-order valence-electron chi connectivity index (χ1n) is 6.13. The summed E-state index contributed by atoms with van der Waals surface area (Å²) in [6.45, 7) is 3.51. The molecule has 1 aromatic carbocycles. The second-order valence-electron chi connectivity index (χ2n) is 4.30. The van der Waals surface area contributed by atoms with Gasteiger partial charge < -0.3 is 9.47 Å². The molecule has 1 rings (SSSR count). The van der Waals surface area contributed by atoms with Crippen LogP contribution in [0.2, 0.25) is 0 Å². The van der Waals surface area contributed by atoms with E-state index >= 15 is 0 Å². The lowest BCUT2D eigenvalue weighted by molar-refractivity contribution is -0.147. The van der Waals surface area contributed by atoms with Crippen LogP contribution < -0.4 is 4.74 Å². The van der Waals surface area contributed by atoms with Crippen molar-refractivity contribution in [3.8, 4) is 5.75 Å². The first-order valence-corrected chi connectivity index (χ1v) is 6.13. The van der Waals surface area contributed by atoms with Crippen LogP contribution in [0.1, 0.15) is 33.1 Å². The van der Waals surface area contributed by atoms with Crippen molar-refractivity contribution < 1.29 is 23.5 Å². The van der Waals surface area contributed by atoms with E-state index in [2.05, 4.69) is 0 Å². The van der Waals surface area contributed by atoms with Crippen molar-refractivity contribution in [3.05, 3.63) is 30.1 Å². The van der Waals surface area contributed by atoms with E-state index < -0.39 is 11.8 Å². The highest BCUT2D eigenvalue weighted by Crippen LogP contribution is 2.16. The van der Waals surface area contributed by atoms with Crippen LogP contribution in [0.15, 0.2) is 24.3 Å². The maximum Gasteiger partial charge on any atom is 0.311 e. The number of ether oxygens (including phenoxy) is 2. The van der Waals surface area contributed by atoms with Crippen molar-refractivity contribution in [2.24, 2.45) is 0 Å². The number of esters is 2. The van der Waals surface area contributed by atoms with Gasteiger partial charge >= 0.3 is 11.9 Å². The topological polar surface area (TPSA) is 52.6 Å². The summed E-state index contributed by atoms with van der Waals surface area (Å²) < 4.78 is 23.0. The predicted octanol–water partition coefficient (Wildman–Crippen LogP) is 2.85. The third-order valence-electron chi connectivity index (χ3n) is 2.19. The van der Waals surface area contributed by atoms with Crippen LogP contribution in [0.4, 0.5) is 4.39 Å². The van der Waals surface area contributed by atoms with Gasteiger partial charge in [0.2, 0.25) is 0 Å². The van der Waals surface area contributed by atoms with Crippen molar-refractivity contribution in [1.82, 2.24) is 0 Å². The summed E-state index contributed by atoms with van der Waals surface area (Å²) in [7, 11) is 0. The molecule has 0 heterocycles. The average Bonchev–Trinajstić information content (AvgIpc) is 2.31. The van der Waals surface area contributed by atoms with Gasteiger partial charge in [-0.25, -0.2) is 4.39 Å². The molecule has 0 aliphatic rings. The van der Waals surface area contributed by atoms with Crippen LogP contribution in [0.25, 0.3) is 0 Å². The first-order chi connectivity index (χ1) is 8.99. The second-order valence-corrected chi connectivity index (χ2v) is 4.30. The lowest BCUT2D eigenvalue weighted by Gasteiger charge is -2.07. The summed E-state index contributed by atoms with van der Waals surface area (Å²) >= 11 is 0. The molecule has 0 atom stereocenters. The smallest absolute Gasteiger partial charge is 0.311 e. The number of carbonyl (C=O) groups is 2. The summed E-state index contributed by atoms with van der Waals surface area (Å²) in [4.78, 5) is 22.6. The van der Waals surface area contributed by atoms with Crippen LogP contribution in [-0.2, 0) is 14.3 Å². The Morgan fingerprint density at radius 3 is 2.42 bits per heavy atom. The maximum absolute atomic E-state index is 13.2. The number of benzene rings is 1. The highest BCUT2D eigenvalue weighted by Gasteiger charge is 2.11. The molecule has 19 heavy (non-hydrogen) atoms. The predicted molar refractivity (Wildman–Crippen MR) is 67.1 cm³/mol. The molecule has 0 N–H and O–H groups in total. The van der Waals surface area contributed by atoms with Crippen molar-refractivity contribution in [1.29, 1.82) is 0 Å². The SMILES string of the molecule is CC(C)OC(=O)CCCC(=O)Oc1ccccc1F. The first kappa shape index (κ1) is 15.1. The van der Waals surface area contributed by atoms with Crippen LogP contribution in [0.5, 0.6) is 5.75 Å². The molecule has 5 heteroatoms. The van der Waals surface area contributed by atoms with Crippen LogP contribution in [0, 0.1) is 5.82 Å². The number of hydrogen-bond acceptors (Lipinski definition) is 4. The van der Waals surface area contributed by atoms with Crippen LogP contribution in [0.3, 0.4) is 0 Å². The quantitative estimate of drug-likeness (QED) is 0.588. The third-order valence-corrected chi connectivity index (χ3v) is 2.19. The van der Waals surface area contributed by atoms with E-state index in [9.17, 15) is 14.0 Å². The number of hydrogen-bond donors (Lipinski definition) is 0. The minimum absolute atomic E-state index is 0.0432. The standard InChI is InChI=1S/C14H17FO4/c1-10(2)18-13(16)8-5-9-14(17)19-12-7-4-3-6-11(12)15/h3-4,6-7,10H,5,8-9H2,1-2H3. The molecule has 0 aromatic heterocycles. The fraction of sp³-hybridized carbons (Fsp3) is 0.429. The fourth-order valence-corrected chi connectivity index (χ4v) is 1.40. The zero-order valence-electron chi connectivity index (χ0n) is 11.0. The summed E-state index contributed by atoms with van der Waals surface area (Å²) in [6, 6.07) is 5.67. The Balaban J connectivity index is 2.29. The molecule has 0 fully saturated rings. The van der Waals surface area contributed by atoms with Crippen molar-refractivity contribution >= 4 is 11.9 Å². The molecular weight excluding hydrogens is 251 g/mol. The Labute approximate surface area is 111 Å². The Bertz CT molecular complexity index is 443. The summed E-state index contributed by atoms with van der Waals surface area (Å²) in [6.07, 6.45) is 0.336. The van der Waals surface area contributed by atoms with E-state index in [0.717, 1.165) is 0 Å². The van der Waals surface area contributed by atoms with E-state index in [1.165, 1.54) is 18.2 Å². The molecule has 104 valence electrons. The van der Waals surface area contributed by atoms with Gasteiger partial charge in [-0.3, -0.25) is 9.59 Å². The Morgan fingerprint density at radius 1 is 1.16 bits per heavy atom. The molecule has 0 aliphatic carbocycles. The molecule has 0 saturated heterocycles. The third kappa shape index (κ3) is 5.99. The Kier molecular flexibility index (Phi) is 5.99. The van der Waals surface area contributed by atoms with Gasteiger partial charge in [0.25, 0.3) is 0 Å². The zero-order valence-corrected chi connectivity index (χ0v) is 11.0. The molecule has 0 radical (unpaired) electrons. The normalized spacial score (nSPS) is 10.3. The highest BCUT2D eigenvalue weighted by atomic mass is 19.1. The number of rotatable bonds is 6. The van der Waals surface area contributed by atoms with Crippen molar-refractivity contribution in [2.75, 3.05) is 0 Å². The Hall–Kier alpha value is -1.91. The van der Waals surface area contributed by atoms with E-state index in [4.69, 9.17) is 9.47 Å². The van der Waals surface area contributed by atoms with Gasteiger partial charge in [0, 0.05) is 12.8 Å². The second kappa shape index (κ2) is 7.51. The fourth-order valence-electron chi connectivity index (χ4n) is 1.40. The lowest BCUT2D eigenvalue weighted by Crippen LogP contribution is -2.13. The zero-order chi connectivity index (χ0) is 14.3. The van der Waals surface area contributed by atoms with E-state index in [1.54, 1.807) is 19.9 Å². The lowest BCUT2D eigenvalue weighted by atomic mass is 10.2. The molecule has 0 unspecified atom stereocenters. The number of para-hydroxylation sites is 1. The molecule has 0 spiro atoms. The molecule has 1 aromatic rings. The van der Waals surface area contributed by atoms with Gasteiger partial charge in [-0.2, -0.15) is 0 Å². The van der Waals surface area contributed by atoms with Gasteiger partial charge in [-0.1, -0.05) is 12.1 Å². The summed E-state index contributed by atoms with van der Waals surface area (Å²) in [5, 5.41) is 0. The maximum atomic E-state index is 13.2. The van der Waals surface area contributed by atoms with Gasteiger partial charge in [-0.05, 0) is 32.4 Å². The molecule has 0 amide bonds. The van der Waals surface area contributed by atoms with Crippen molar-refractivity contribution in [2.45, 2.75) is 39.2 Å². The molecule has 4 nitrogen and oxygen atoms in total. The summed E-state index contributed by atoms with van der Waals surface area (Å²) in [5.41, 5.74) is 0. The molecule has 0 aliphatic heterocycles. The summed E-state index contributed by atoms with van der Waals surface area (Å²) in [5.74, 6) is -1.61. The number of halogens is 1. The van der Waals surface area contributed by atoms with Crippen LogP contribution >= 0.6 is 0 Å². The minimum atomic E-state index is -0.588. The number of carbonyl (C=O) groups excluding carboxylic acids is 2. The van der Waals surface area contributed by atoms with E-state index in [0.29, 0.717) is 6.42 Å². The largest absolute Gasteiger partial charge is 0.463 e. The van der Waals surface area contributed by atoms with Crippen LogP contribution in [-0.4, -0.2) is 18.0 Å². The highest BCUT2D eigenvalue weighted by molar-refractivity contribution is 5.74. The Morgan fingerprint density at radius 2 is 1.79 bits per heavy atom. The van der Waals surface area contributed by atoms with Crippen molar-refractivity contribution in [3.63, 3.8) is 0 Å². The van der Waals surface area contributed by atoms with Gasteiger partial charge in [-0.15, -0.1) is 0 Å². The van der Waals surface area contributed by atoms with Gasteiger partial charge in [0.05, 0.1) is 6.10 Å². The average molecular weight is 268 g/mol.